The van der Waals surface area contributed by atoms with E-state index in [4.69, 9.17) is 13.9 Å². The minimum Gasteiger partial charge on any atom is -0.482 e. The van der Waals surface area contributed by atoms with Crippen LogP contribution in [0, 0.1) is 13.8 Å². The fourth-order valence-electron chi connectivity index (χ4n) is 2.77. The molecular formula is C21H20O5. The highest BCUT2D eigenvalue weighted by atomic mass is 16.6. The van der Waals surface area contributed by atoms with Crippen molar-refractivity contribution in [2.24, 2.45) is 0 Å². The van der Waals surface area contributed by atoms with Crippen molar-refractivity contribution in [2.45, 2.75) is 27.2 Å². The second-order valence-electron chi connectivity index (χ2n) is 6.09. The molecule has 0 unspecified atom stereocenters. The number of esters is 1. The number of carbonyl (C=O) groups excluding carboxylic acids is 1. The molecular weight excluding hydrogens is 332 g/mol. The monoisotopic (exact) mass is 352 g/mol. The Morgan fingerprint density at radius 3 is 2.54 bits per heavy atom. The average Bonchev–Trinajstić information content (AvgIpc) is 2.60. The zero-order valence-corrected chi connectivity index (χ0v) is 15.0. The molecule has 0 aliphatic carbocycles. The number of benzene rings is 2. The molecule has 5 nitrogen and oxygen atoms in total. The van der Waals surface area contributed by atoms with E-state index in [0.29, 0.717) is 23.5 Å². The molecule has 5 heteroatoms. The molecule has 0 N–H and O–H groups in total. The third-order valence-corrected chi connectivity index (χ3v) is 4.18. The molecule has 26 heavy (non-hydrogen) atoms. The van der Waals surface area contributed by atoms with Crippen LogP contribution in [0.1, 0.15) is 23.6 Å². The number of hydrogen-bond donors (Lipinski definition) is 0. The lowest BCUT2D eigenvalue weighted by molar-refractivity contribution is -0.136. The third-order valence-electron chi connectivity index (χ3n) is 4.18. The highest BCUT2D eigenvalue weighted by molar-refractivity contribution is 5.84. The lowest BCUT2D eigenvalue weighted by Crippen LogP contribution is -2.18. The van der Waals surface area contributed by atoms with Crippen LogP contribution in [0.2, 0.25) is 0 Å². The topological polar surface area (TPSA) is 65.7 Å². The fraction of sp³-hybridized carbons (Fsp3) is 0.238. The second kappa shape index (κ2) is 7.44. The number of rotatable bonds is 5. The van der Waals surface area contributed by atoms with Crippen LogP contribution in [0.25, 0.3) is 11.0 Å². The minimum absolute atomic E-state index is 0.205. The molecule has 0 aliphatic rings. The molecule has 0 fully saturated rings. The first-order valence-corrected chi connectivity index (χ1v) is 8.44. The van der Waals surface area contributed by atoms with Crippen LogP contribution in [0.3, 0.4) is 0 Å². The van der Waals surface area contributed by atoms with E-state index in [0.717, 1.165) is 22.1 Å². The number of carbonyl (C=O) groups is 1. The number of fused-ring (bicyclic) bond motifs is 1. The molecule has 0 saturated heterocycles. The van der Waals surface area contributed by atoms with Crippen molar-refractivity contribution in [3.8, 4) is 11.5 Å². The summed E-state index contributed by atoms with van der Waals surface area (Å²) >= 11 is 0. The van der Waals surface area contributed by atoms with Crippen molar-refractivity contribution in [1.29, 1.82) is 0 Å². The number of aryl methyl sites for hydroxylation is 3. The van der Waals surface area contributed by atoms with Gasteiger partial charge in [0.2, 0.25) is 0 Å². The van der Waals surface area contributed by atoms with E-state index in [1.807, 2.05) is 45.0 Å². The molecule has 3 rings (SSSR count). The summed E-state index contributed by atoms with van der Waals surface area (Å²) in [6.45, 7) is 5.52. The summed E-state index contributed by atoms with van der Waals surface area (Å²) in [7, 11) is 0. The predicted molar refractivity (Wildman–Crippen MR) is 98.9 cm³/mol. The molecule has 3 aromatic rings. The van der Waals surface area contributed by atoms with E-state index in [-0.39, 0.29) is 6.61 Å². The highest BCUT2D eigenvalue weighted by Crippen LogP contribution is 2.28. The van der Waals surface area contributed by atoms with Gasteiger partial charge in [0.15, 0.2) is 6.61 Å². The zero-order chi connectivity index (χ0) is 18.7. The van der Waals surface area contributed by atoms with Crippen LogP contribution in [-0.2, 0) is 11.2 Å². The molecule has 0 aliphatic heterocycles. The summed E-state index contributed by atoms with van der Waals surface area (Å²) in [5.41, 5.74) is 2.59. The summed E-state index contributed by atoms with van der Waals surface area (Å²) in [4.78, 5) is 23.8. The van der Waals surface area contributed by atoms with Crippen molar-refractivity contribution in [3.63, 3.8) is 0 Å². The Balaban J connectivity index is 1.82. The van der Waals surface area contributed by atoms with Crippen molar-refractivity contribution in [1.82, 2.24) is 0 Å². The third kappa shape index (κ3) is 3.77. The van der Waals surface area contributed by atoms with Gasteiger partial charge >= 0.3 is 11.6 Å². The molecule has 0 saturated carbocycles. The largest absolute Gasteiger partial charge is 0.482 e. The maximum Gasteiger partial charge on any atom is 0.349 e. The van der Waals surface area contributed by atoms with Gasteiger partial charge in [0.25, 0.3) is 0 Å². The summed E-state index contributed by atoms with van der Waals surface area (Å²) in [6, 6.07) is 12.4. The number of ether oxygens (including phenoxy) is 2. The van der Waals surface area contributed by atoms with Crippen LogP contribution in [0.15, 0.2) is 51.7 Å². The standard InChI is InChI=1S/C21H20O5/c1-4-15-10-16-14(3)9-20(22)26-19(16)11-18(15)25-21(23)12-24-17-8-6-5-7-13(17)2/h5-11H,4,12H2,1-3H3. The number of hydrogen-bond acceptors (Lipinski definition) is 5. The Kier molecular flexibility index (Phi) is 5.07. The van der Waals surface area contributed by atoms with Crippen molar-refractivity contribution >= 4 is 16.9 Å². The molecule has 1 aromatic heterocycles. The quantitative estimate of drug-likeness (QED) is 0.395. The van der Waals surface area contributed by atoms with Gasteiger partial charge < -0.3 is 13.9 Å². The van der Waals surface area contributed by atoms with E-state index >= 15 is 0 Å². The van der Waals surface area contributed by atoms with E-state index in [1.165, 1.54) is 6.07 Å². The zero-order valence-electron chi connectivity index (χ0n) is 15.0. The first kappa shape index (κ1) is 17.7. The van der Waals surface area contributed by atoms with Crippen LogP contribution < -0.4 is 15.1 Å². The Morgan fingerprint density at radius 1 is 1.04 bits per heavy atom. The maximum absolute atomic E-state index is 12.2. The van der Waals surface area contributed by atoms with Gasteiger partial charge in [0, 0.05) is 17.5 Å². The van der Waals surface area contributed by atoms with E-state index in [1.54, 1.807) is 12.1 Å². The van der Waals surface area contributed by atoms with E-state index in [2.05, 4.69) is 0 Å². The average molecular weight is 352 g/mol. The Labute approximate surface area is 151 Å². The van der Waals surface area contributed by atoms with Crippen molar-refractivity contribution in [3.05, 3.63) is 69.6 Å². The Hall–Kier alpha value is -3.08. The minimum atomic E-state index is -0.516. The van der Waals surface area contributed by atoms with Gasteiger partial charge in [-0.25, -0.2) is 9.59 Å². The second-order valence-corrected chi connectivity index (χ2v) is 6.09. The molecule has 0 radical (unpaired) electrons. The summed E-state index contributed by atoms with van der Waals surface area (Å²) < 4.78 is 16.2. The first-order chi connectivity index (χ1) is 12.5. The van der Waals surface area contributed by atoms with Gasteiger partial charge in [-0.15, -0.1) is 0 Å². The van der Waals surface area contributed by atoms with E-state index < -0.39 is 11.6 Å². The fourth-order valence-corrected chi connectivity index (χ4v) is 2.77. The van der Waals surface area contributed by atoms with Crippen LogP contribution >= 0.6 is 0 Å². The molecule has 0 atom stereocenters. The van der Waals surface area contributed by atoms with Crippen LogP contribution in [0.5, 0.6) is 11.5 Å². The molecule has 134 valence electrons. The normalized spacial score (nSPS) is 10.7. The smallest absolute Gasteiger partial charge is 0.349 e. The number of para-hydroxylation sites is 1. The molecule has 0 spiro atoms. The van der Waals surface area contributed by atoms with Gasteiger partial charge in [0.1, 0.15) is 17.1 Å². The highest BCUT2D eigenvalue weighted by Gasteiger charge is 2.14. The summed E-state index contributed by atoms with van der Waals surface area (Å²) in [6.07, 6.45) is 0.676. The van der Waals surface area contributed by atoms with Crippen molar-refractivity contribution < 1.29 is 18.7 Å². The van der Waals surface area contributed by atoms with Gasteiger partial charge in [-0.05, 0) is 49.1 Å². The molecule has 0 amide bonds. The van der Waals surface area contributed by atoms with Crippen LogP contribution in [-0.4, -0.2) is 12.6 Å². The molecule has 0 bridgehead atoms. The van der Waals surface area contributed by atoms with Crippen LogP contribution in [0.4, 0.5) is 0 Å². The Morgan fingerprint density at radius 2 is 1.81 bits per heavy atom. The van der Waals surface area contributed by atoms with E-state index in [9.17, 15) is 9.59 Å². The predicted octanol–water partition coefficient (Wildman–Crippen LogP) is 3.96. The molecule has 1 heterocycles. The SMILES string of the molecule is CCc1cc2c(C)cc(=O)oc2cc1OC(=O)COc1ccccc1C. The van der Waals surface area contributed by atoms with Crippen molar-refractivity contribution in [2.75, 3.05) is 6.61 Å². The maximum atomic E-state index is 12.2. The van der Waals surface area contributed by atoms with Gasteiger partial charge in [-0.2, -0.15) is 0 Å². The van der Waals surface area contributed by atoms with Gasteiger partial charge in [-0.3, -0.25) is 0 Å². The summed E-state index contributed by atoms with van der Waals surface area (Å²) in [5.74, 6) is 0.504. The van der Waals surface area contributed by atoms with Gasteiger partial charge in [-0.1, -0.05) is 25.1 Å². The lowest BCUT2D eigenvalue weighted by Gasteiger charge is -2.12. The summed E-state index contributed by atoms with van der Waals surface area (Å²) in [5, 5.41) is 0.831. The Bertz CT molecular complexity index is 1020. The van der Waals surface area contributed by atoms with Gasteiger partial charge in [0.05, 0.1) is 0 Å². The molecule has 2 aromatic carbocycles. The lowest BCUT2D eigenvalue weighted by atomic mass is 10.1. The first-order valence-electron chi connectivity index (χ1n) is 8.44.